The molecule has 4 heteroatoms. The summed E-state index contributed by atoms with van der Waals surface area (Å²) >= 11 is 3.34. The van der Waals surface area contributed by atoms with E-state index in [1.165, 1.54) is 0 Å². The second-order valence-electron chi connectivity index (χ2n) is 4.13. The van der Waals surface area contributed by atoms with Gasteiger partial charge in [-0.1, -0.05) is 34.1 Å². The van der Waals surface area contributed by atoms with E-state index in [9.17, 15) is 4.79 Å². The van der Waals surface area contributed by atoms with Crippen LogP contribution in [0.15, 0.2) is 53.0 Å². The van der Waals surface area contributed by atoms with Crippen molar-refractivity contribution in [1.82, 2.24) is 0 Å². The predicted molar refractivity (Wildman–Crippen MR) is 81.6 cm³/mol. The summed E-state index contributed by atoms with van der Waals surface area (Å²) in [4.78, 5) is 12.0. The summed E-state index contributed by atoms with van der Waals surface area (Å²) in [5.41, 5.74) is 0.633. The van der Waals surface area contributed by atoms with Gasteiger partial charge < -0.3 is 9.47 Å². The largest absolute Gasteiger partial charge is 0.494 e. The third-order valence-corrected chi connectivity index (χ3v) is 3.18. The van der Waals surface area contributed by atoms with Crippen LogP contribution in [0.2, 0.25) is 0 Å². The maximum absolute atomic E-state index is 12.0. The minimum absolute atomic E-state index is 0.0111. The first-order valence-electron chi connectivity index (χ1n) is 6.33. The lowest BCUT2D eigenvalue weighted by Crippen LogP contribution is -2.11. The Morgan fingerprint density at radius 1 is 1.05 bits per heavy atom. The predicted octanol–water partition coefficient (Wildman–Crippen LogP) is 4.11. The van der Waals surface area contributed by atoms with Crippen molar-refractivity contribution in [3.05, 3.63) is 58.6 Å². The van der Waals surface area contributed by atoms with Gasteiger partial charge in [0.25, 0.3) is 0 Å². The van der Waals surface area contributed by atoms with Gasteiger partial charge in [0.1, 0.15) is 11.5 Å². The maximum Gasteiger partial charge on any atom is 0.200 e. The van der Waals surface area contributed by atoms with Crippen LogP contribution in [0, 0.1) is 0 Å². The van der Waals surface area contributed by atoms with E-state index in [0.717, 1.165) is 10.2 Å². The van der Waals surface area contributed by atoms with E-state index in [2.05, 4.69) is 15.9 Å². The van der Waals surface area contributed by atoms with Gasteiger partial charge in [0.05, 0.1) is 6.61 Å². The van der Waals surface area contributed by atoms with Gasteiger partial charge in [0.15, 0.2) is 12.4 Å². The first-order chi connectivity index (χ1) is 9.69. The Morgan fingerprint density at radius 3 is 2.35 bits per heavy atom. The topological polar surface area (TPSA) is 35.5 Å². The van der Waals surface area contributed by atoms with Crippen LogP contribution < -0.4 is 9.47 Å². The van der Waals surface area contributed by atoms with Crippen molar-refractivity contribution in [1.29, 1.82) is 0 Å². The summed E-state index contributed by atoms with van der Waals surface area (Å²) in [5.74, 6) is 1.31. The smallest absolute Gasteiger partial charge is 0.200 e. The van der Waals surface area contributed by atoms with Crippen LogP contribution in [0.1, 0.15) is 17.3 Å². The number of benzene rings is 2. The third-order valence-electron chi connectivity index (χ3n) is 2.65. The van der Waals surface area contributed by atoms with Crippen LogP contribution in [0.4, 0.5) is 0 Å². The van der Waals surface area contributed by atoms with Crippen LogP contribution in [-0.2, 0) is 0 Å². The van der Waals surface area contributed by atoms with Crippen molar-refractivity contribution >= 4 is 21.7 Å². The lowest BCUT2D eigenvalue weighted by atomic mass is 10.1. The standard InChI is InChI=1S/C16H15BrO3/c1-2-19-14-4-3-5-15(10-14)20-11-16(18)12-6-8-13(17)9-7-12/h3-10H,2,11H2,1H3. The van der Waals surface area contributed by atoms with E-state index in [0.29, 0.717) is 17.9 Å². The highest BCUT2D eigenvalue weighted by Gasteiger charge is 2.07. The van der Waals surface area contributed by atoms with Crippen molar-refractivity contribution < 1.29 is 14.3 Å². The normalized spacial score (nSPS) is 10.1. The molecule has 104 valence electrons. The number of hydrogen-bond donors (Lipinski definition) is 0. The molecule has 0 saturated carbocycles. The SMILES string of the molecule is CCOc1cccc(OCC(=O)c2ccc(Br)cc2)c1. The molecule has 0 aliphatic heterocycles. The number of rotatable bonds is 6. The summed E-state index contributed by atoms with van der Waals surface area (Å²) in [6.07, 6.45) is 0. The fourth-order valence-electron chi connectivity index (χ4n) is 1.69. The van der Waals surface area contributed by atoms with E-state index in [1.807, 2.05) is 31.2 Å². The Labute approximate surface area is 126 Å². The monoisotopic (exact) mass is 334 g/mol. The Morgan fingerprint density at radius 2 is 1.70 bits per heavy atom. The average molecular weight is 335 g/mol. The summed E-state index contributed by atoms with van der Waals surface area (Å²) in [7, 11) is 0. The molecule has 0 bridgehead atoms. The lowest BCUT2D eigenvalue weighted by molar-refractivity contribution is 0.0921. The third kappa shape index (κ3) is 4.10. The minimum atomic E-state index is -0.0562. The number of carbonyl (C=O) groups excluding carboxylic acids is 1. The van der Waals surface area contributed by atoms with Gasteiger partial charge in [-0.15, -0.1) is 0 Å². The van der Waals surface area contributed by atoms with E-state index in [-0.39, 0.29) is 12.4 Å². The zero-order valence-electron chi connectivity index (χ0n) is 11.1. The highest BCUT2D eigenvalue weighted by Crippen LogP contribution is 2.19. The second kappa shape index (κ2) is 7.10. The average Bonchev–Trinajstić information content (AvgIpc) is 2.46. The molecule has 20 heavy (non-hydrogen) atoms. The highest BCUT2D eigenvalue weighted by molar-refractivity contribution is 9.10. The van der Waals surface area contributed by atoms with Gasteiger partial charge in [-0.05, 0) is 31.2 Å². The van der Waals surface area contributed by atoms with Gasteiger partial charge in [0.2, 0.25) is 0 Å². The fourth-order valence-corrected chi connectivity index (χ4v) is 1.95. The Bertz CT molecular complexity index is 579. The van der Waals surface area contributed by atoms with E-state index >= 15 is 0 Å². The van der Waals surface area contributed by atoms with Crippen LogP contribution in [0.25, 0.3) is 0 Å². The lowest BCUT2D eigenvalue weighted by Gasteiger charge is -2.08. The fraction of sp³-hybridized carbons (Fsp3) is 0.188. The molecule has 0 unspecified atom stereocenters. The van der Waals surface area contributed by atoms with Crippen molar-refractivity contribution in [2.24, 2.45) is 0 Å². The summed E-state index contributed by atoms with van der Waals surface area (Å²) in [6, 6.07) is 14.5. The quantitative estimate of drug-likeness (QED) is 0.746. The molecule has 0 radical (unpaired) electrons. The molecule has 0 aliphatic carbocycles. The van der Waals surface area contributed by atoms with Gasteiger partial charge in [0, 0.05) is 16.1 Å². The van der Waals surface area contributed by atoms with Gasteiger partial charge in [-0.2, -0.15) is 0 Å². The van der Waals surface area contributed by atoms with Crippen molar-refractivity contribution in [3.8, 4) is 11.5 Å². The first-order valence-corrected chi connectivity index (χ1v) is 7.13. The summed E-state index contributed by atoms with van der Waals surface area (Å²) in [6.45, 7) is 2.53. The number of halogens is 1. The van der Waals surface area contributed by atoms with E-state index < -0.39 is 0 Å². The molecule has 0 atom stereocenters. The van der Waals surface area contributed by atoms with Crippen LogP contribution in [-0.4, -0.2) is 19.0 Å². The van der Waals surface area contributed by atoms with Crippen molar-refractivity contribution in [2.45, 2.75) is 6.92 Å². The molecule has 0 fully saturated rings. The maximum atomic E-state index is 12.0. The first kappa shape index (κ1) is 14.6. The molecular formula is C16H15BrO3. The molecule has 2 aromatic carbocycles. The highest BCUT2D eigenvalue weighted by atomic mass is 79.9. The van der Waals surface area contributed by atoms with Crippen LogP contribution in [0.5, 0.6) is 11.5 Å². The van der Waals surface area contributed by atoms with Crippen LogP contribution in [0.3, 0.4) is 0 Å². The molecule has 0 aromatic heterocycles. The zero-order chi connectivity index (χ0) is 14.4. The molecular weight excluding hydrogens is 320 g/mol. The second-order valence-corrected chi connectivity index (χ2v) is 5.04. The molecule has 0 heterocycles. The van der Waals surface area contributed by atoms with E-state index in [4.69, 9.17) is 9.47 Å². The number of ether oxygens (including phenoxy) is 2. The number of ketones is 1. The van der Waals surface area contributed by atoms with Crippen LogP contribution >= 0.6 is 15.9 Å². The molecule has 0 aliphatic rings. The Kier molecular flexibility index (Phi) is 5.18. The summed E-state index contributed by atoms with van der Waals surface area (Å²) in [5, 5.41) is 0. The van der Waals surface area contributed by atoms with Gasteiger partial charge in [-0.25, -0.2) is 0 Å². The minimum Gasteiger partial charge on any atom is -0.494 e. The molecule has 0 saturated heterocycles. The van der Waals surface area contributed by atoms with E-state index in [1.54, 1.807) is 24.3 Å². The molecule has 2 aromatic rings. The Balaban J connectivity index is 1.96. The van der Waals surface area contributed by atoms with Crippen molar-refractivity contribution in [3.63, 3.8) is 0 Å². The molecule has 2 rings (SSSR count). The summed E-state index contributed by atoms with van der Waals surface area (Å²) < 4.78 is 11.8. The van der Waals surface area contributed by atoms with Gasteiger partial charge >= 0.3 is 0 Å². The van der Waals surface area contributed by atoms with Gasteiger partial charge in [-0.3, -0.25) is 4.79 Å². The number of Topliss-reactive ketones (excluding diaryl/α,β-unsaturated/α-hetero) is 1. The molecule has 0 amide bonds. The van der Waals surface area contributed by atoms with Crippen molar-refractivity contribution in [2.75, 3.05) is 13.2 Å². The molecule has 0 N–H and O–H groups in total. The zero-order valence-corrected chi connectivity index (χ0v) is 12.7. The molecule has 0 spiro atoms. The molecule has 3 nitrogen and oxygen atoms in total. The Hall–Kier alpha value is -1.81. The number of carbonyl (C=O) groups is 1. The number of hydrogen-bond acceptors (Lipinski definition) is 3.